The largest absolute Gasteiger partial charge is 0.362 e. The summed E-state index contributed by atoms with van der Waals surface area (Å²) in [6.07, 6.45) is 2.37. The molecule has 2 N–H and O–H groups in total. The van der Waals surface area contributed by atoms with E-state index in [1.165, 1.54) is 6.33 Å². The molecule has 3 aromatic rings. The number of rotatable bonds is 3. The topological polar surface area (TPSA) is 92.9 Å². The predicted octanol–water partition coefficient (Wildman–Crippen LogP) is 0.666. The van der Waals surface area contributed by atoms with Gasteiger partial charge >= 0.3 is 0 Å². The van der Waals surface area contributed by atoms with Gasteiger partial charge in [0.2, 0.25) is 0 Å². The maximum atomic E-state index is 12.9. The molecule has 4 rings (SSSR count). The van der Waals surface area contributed by atoms with Crippen LogP contribution in [0, 0.1) is 0 Å². The molecule has 136 valence electrons. The molecule has 0 radical (unpaired) electrons. The minimum Gasteiger partial charge on any atom is -0.362 e. The second kappa shape index (κ2) is 6.10. The lowest BCUT2D eigenvalue weighted by Gasteiger charge is -2.14. The van der Waals surface area contributed by atoms with Crippen LogP contribution in [-0.2, 0) is 27.1 Å². The quantitative estimate of drug-likeness (QED) is 0.718. The summed E-state index contributed by atoms with van der Waals surface area (Å²) in [5, 5.41) is 11.6. The van der Waals surface area contributed by atoms with Crippen LogP contribution in [0.1, 0.15) is 21.7 Å². The van der Waals surface area contributed by atoms with Gasteiger partial charge in [-0.15, -0.1) is 0 Å². The average Bonchev–Trinajstić information content (AvgIpc) is 3.13. The number of hydrogen-bond acceptors (Lipinski definition) is 6. The molecule has 9 nitrogen and oxygen atoms in total. The van der Waals surface area contributed by atoms with Crippen LogP contribution in [0.25, 0.3) is 11.0 Å². The normalized spacial score (nSPS) is 13.7. The molecular formula is C17H22N8O. The van der Waals surface area contributed by atoms with Crippen LogP contribution in [0.15, 0.2) is 12.4 Å². The third-order valence-electron chi connectivity index (χ3n) is 4.81. The Hall–Kier alpha value is -2.94. The van der Waals surface area contributed by atoms with Gasteiger partial charge in [-0.3, -0.25) is 9.48 Å². The van der Waals surface area contributed by atoms with Gasteiger partial charge in [0.05, 0.1) is 11.1 Å². The molecule has 0 fully saturated rings. The lowest BCUT2D eigenvalue weighted by molar-refractivity contribution is 0.101. The van der Waals surface area contributed by atoms with E-state index in [2.05, 4.69) is 25.7 Å². The van der Waals surface area contributed by atoms with Crippen molar-refractivity contribution < 1.29 is 4.79 Å². The fourth-order valence-corrected chi connectivity index (χ4v) is 3.47. The van der Waals surface area contributed by atoms with Crippen LogP contribution < -0.4 is 15.5 Å². The van der Waals surface area contributed by atoms with Gasteiger partial charge in [-0.1, -0.05) is 0 Å². The maximum Gasteiger partial charge on any atom is 0.273 e. The summed E-state index contributed by atoms with van der Waals surface area (Å²) in [5.41, 5.74) is 3.47. The molecule has 4 heterocycles. The van der Waals surface area contributed by atoms with E-state index in [1.807, 2.05) is 43.8 Å². The first-order valence-electron chi connectivity index (χ1n) is 8.52. The monoisotopic (exact) mass is 354 g/mol. The fourth-order valence-electron chi connectivity index (χ4n) is 3.47. The van der Waals surface area contributed by atoms with E-state index in [-0.39, 0.29) is 5.91 Å². The number of amides is 1. The molecule has 0 atom stereocenters. The summed E-state index contributed by atoms with van der Waals surface area (Å²) < 4.78 is 3.62. The summed E-state index contributed by atoms with van der Waals surface area (Å²) in [4.78, 5) is 23.5. The summed E-state index contributed by atoms with van der Waals surface area (Å²) >= 11 is 0. The van der Waals surface area contributed by atoms with Gasteiger partial charge in [0.25, 0.3) is 5.91 Å². The predicted molar refractivity (Wildman–Crippen MR) is 99.4 cm³/mol. The lowest BCUT2D eigenvalue weighted by Crippen LogP contribution is -2.25. The van der Waals surface area contributed by atoms with Crippen LogP contribution in [0.4, 0.5) is 11.6 Å². The molecule has 0 bridgehead atoms. The van der Waals surface area contributed by atoms with Gasteiger partial charge in [-0.05, 0) is 19.0 Å². The molecule has 0 aliphatic carbocycles. The highest BCUT2D eigenvalue weighted by Gasteiger charge is 2.23. The van der Waals surface area contributed by atoms with Crippen molar-refractivity contribution in [1.82, 2.24) is 29.6 Å². The summed E-state index contributed by atoms with van der Waals surface area (Å²) in [6.45, 7) is 1.65. The Morgan fingerprint density at radius 3 is 2.88 bits per heavy atom. The van der Waals surface area contributed by atoms with Crippen LogP contribution in [0.3, 0.4) is 0 Å². The molecule has 0 spiro atoms. The number of carbonyl (C=O) groups is 1. The van der Waals surface area contributed by atoms with Gasteiger partial charge in [-0.25, -0.2) is 9.97 Å². The maximum absolute atomic E-state index is 12.9. The first kappa shape index (κ1) is 16.5. The Kier molecular flexibility index (Phi) is 3.87. The van der Waals surface area contributed by atoms with E-state index in [1.54, 1.807) is 4.57 Å². The highest BCUT2D eigenvalue weighted by Crippen LogP contribution is 2.26. The third-order valence-corrected chi connectivity index (χ3v) is 4.81. The third kappa shape index (κ3) is 2.51. The number of aryl methyl sites for hydroxylation is 2. The molecule has 26 heavy (non-hydrogen) atoms. The zero-order valence-corrected chi connectivity index (χ0v) is 15.4. The van der Waals surface area contributed by atoms with E-state index < -0.39 is 0 Å². The second-order valence-corrected chi connectivity index (χ2v) is 6.70. The van der Waals surface area contributed by atoms with Crippen molar-refractivity contribution in [1.29, 1.82) is 0 Å². The second-order valence-electron chi connectivity index (χ2n) is 6.70. The Bertz CT molecular complexity index is 1000. The molecule has 3 aromatic heterocycles. The van der Waals surface area contributed by atoms with Crippen molar-refractivity contribution in [3.63, 3.8) is 0 Å². The molecule has 0 saturated carbocycles. The number of fused-ring (bicyclic) bond motifs is 2. The zero-order chi connectivity index (χ0) is 18.4. The number of anilines is 2. The minimum absolute atomic E-state index is 0.199. The summed E-state index contributed by atoms with van der Waals surface area (Å²) in [5.74, 6) is 1.22. The molecule has 1 aliphatic rings. The molecule has 0 unspecified atom stereocenters. The van der Waals surface area contributed by atoms with Crippen molar-refractivity contribution in [2.45, 2.75) is 13.0 Å². The van der Waals surface area contributed by atoms with E-state index in [0.29, 0.717) is 11.5 Å². The van der Waals surface area contributed by atoms with Crippen molar-refractivity contribution in [2.24, 2.45) is 14.1 Å². The van der Waals surface area contributed by atoms with E-state index >= 15 is 0 Å². The Morgan fingerprint density at radius 2 is 2.12 bits per heavy atom. The van der Waals surface area contributed by atoms with Crippen LogP contribution in [0.2, 0.25) is 0 Å². The molecule has 1 amide bonds. The van der Waals surface area contributed by atoms with Gasteiger partial charge in [-0.2, -0.15) is 5.10 Å². The van der Waals surface area contributed by atoms with E-state index in [9.17, 15) is 4.79 Å². The van der Waals surface area contributed by atoms with Crippen molar-refractivity contribution in [2.75, 3.05) is 30.9 Å². The van der Waals surface area contributed by atoms with Gasteiger partial charge in [0.1, 0.15) is 23.5 Å². The van der Waals surface area contributed by atoms with Crippen LogP contribution in [-0.4, -0.2) is 50.9 Å². The number of nitrogens with zero attached hydrogens (tertiary/aromatic N) is 6. The van der Waals surface area contributed by atoms with Gasteiger partial charge in [0.15, 0.2) is 5.82 Å². The Balaban J connectivity index is 1.71. The highest BCUT2D eigenvalue weighted by atomic mass is 16.2. The Labute approximate surface area is 151 Å². The fraction of sp³-hybridized carbons (Fsp3) is 0.412. The first-order chi connectivity index (χ1) is 12.5. The molecule has 0 saturated heterocycles. The van der Waals surface area contributed by atoms with E-state index in [0.717, 1.165) is 47.6 Å². The summed E-state index contributed by atoms with van der Waals surface area (Å²) in [6, 6.07) is 1.83. The van der Waals surface area contributed by atoms with Gasteiger partial charge < -0.3 is 20.1 Å². The number of aromatic nitrogens is 5. The molecule has 0 aromatic carbocycles. The zero-order valence-electron chi connectivity index (χ0n) is 15.4. The van der Waals surface area contributed by atoms with Crippen LogP contribution in [0.5, 0.6) is 0 Å². The molecule has 1 aliphatic heterocycles. The average molecular weight is 354 g/mol. The highest BCUT2D eigenvalue weighted by molar-refractivity contribution is 6.07. The van der Waals surface area contributed by atoms with Crippen molar-refractivity contribution in [3.05, 3.63) is 29.3 Å². The SMILES string of the molecule is CN(C)c1ncnc2c1cc(C(=O)Nc1nn(C)c3c1CCNC3)n2C. The lowest BCUT2D eigenvalue weighted by atomic mass is 10.1. The molecule has 9 heteroatoms. The van der Waals surface area contributed by atoms with Crippen molar-refractivity contribution in [3.8, 4) is 0 Å². The Morgan fingerprint density at radius 1 is 1.31 bits per heavy atom. The molecular weight excluding hydrogens is 332 g/mol. The van der Waals surface area contributed by atoms with Gasteiger partial charge in [0, 0.05) is 40.3 Å². The van der Waals surface area contributed by atoms with Crippen LogP contribution >= 0.6 is 0 Å². The van der Waals surface area contributed by atoms with Crippen molar-refractivity contribution >= 4 is 28.6 Å². The minimum atomic E-state index is -0.199. The smallest absolute Gasteiger partial charge is 0.273 e. The summed E-state index contributed by atoms with van der Waals surface area (Å²) in [7, 11) is 7.57. The van der Waals surface area contributed by atoms with E-state index in [4.69, 9.17) is 0 Å². The first-order valence-corrected chi connectivity index (χ1v) is 8.52. The number of nitrogens with one attached hydrogen (secondary N) is 2. The number of hydrogen-bond donors (Lipinski definition) is 2. The standard InChI is InChI=1S/C17H22N8O/c1-23(2)15-11-7-12(24(3)16(11)20-9-19-15)17(26)21-14-10-5-6-18-8-13(10)25(4)22-14/h7,9,18H,5-6,8H2,1-4H3,(H,21,22,26). The number of carbonyl (C=O) groups excluding carboxylic acids is 1.